The zero-order valence-corrected chi connectivity index (χ0v) is 9.01. The number of halogens is 1. The van der Waals surface area contributed by atoms with Gasteiger partial charge in [-0.3, -0.25) is 0 Å². The van der Waals surface area contributed by atoms with Gasteiger partial charge < -0.3 is 9.84 Å². The molecule has 1 aromatic rings. The maximum atomic E-state index is 12.5. The average molecular weight is 241 g/mol. The molecular weight excluding hydrogens is 229 g/mol. The van der Waals surface area contributed by atoms with Gasteiger partial charge in [0.25, 0.3) is 0 Å². The molecule has 0 aliphatic rings. The van der Waals surface area contributed by atoms with Crippen molar-refractivity contribution in [3.63, 3.8) is 0 Å². The third kappa shape index (κ3) is 4.58. The summed E-state index contributed by atoms with van der Waals surface area (Å²) in [5, 5.41) is 11.0. The maximum Gasteiger partial charge on any atom is 0.332 e. The maximum absolute atomic E-state index is 12.5. The minimum absolute atomic E-state index is 0.125. The average Bonchev–Trinajstić information content (AvgIpc) is 2.31. The molecule has 0 aliphatic carbocycles. The van der Waals surface area contributed by atoms with E-state index >= 15 is 0 Å². The molecule has 0 radical (unpaired) electrons. The lowest BCUT2D eigenvalue weighted by Gasteiger charge is -2.06. The Morgan fingerprint density at radius 1 is 1.41 bits per heavy atom. The van der Waals surface area contributed by atoms with Crippen LogP contribution in [0.2, 0.25) is 0 Å². The van der Waals surface area contributed by atoms with E-state index in [4.69, 9.17) is 9.84 Å². The molecule has 17 heavy (non-hydrogen) atoms. The molecule has 1 rings (SSSR count). The second kappa shape index (κ2) is 6.57. The van der Waals surface area contributed by atoms with Gasteiger partial charge in [-0.2, -0.15) is 0 Å². The van der Waals surface area contributed by atoms with Crippen LogP contribution in [0.25, 0.3) is 0 Å². The van der Waals surface area contributed by atoms with Gasteiger partial charge in [-0.15, -0.1) is 4.91 Å². The molecule has 92 valence electrons. The topological polar surface area (TPSA) is 76.0 Å². The summed E-state index contributed by atoms with van der Waals surface area (Å²) in [6.07, 6.45) is 0.514. The van der Waals surface area contributed by atoms with E-state index in [1.165, 1.54) is 24.3 Å². The monoisotopic (exact) mass is 241 g/mol. The molecule has 0 bridgehead atoms. The third-order valence-corrected chi connectivity index (χ3v) is 2.12. The number of carboxylic acid groups (broad SMARTS) is 1. The largest absolute Gasteiger partial charge is 0.494 e. The molecule has 1 N–H and O–H groups in total. The minimum Gasteiger partial charge on any atom is -0.494 e. The first kappa shape index (κ1) is 13.1. The van der Waals surface area contributed by atoms with Crippen molar-refractivity contribution in [3.05, 3.63) is 35.0 Å². The van der Waals surface area contributed by atoms with E-state index in [0.29, 0.717) is 12.2 Å². The van der Waals surface area contributed by atoms with E-state index in [1.807, 2.05) is 0 Å². The summed E-state index contributed by atoms with van der Waals surface area (Å²) in [5.74, 6) is -1.09. The highest BCUT2D eigenvalue weighted by Crippen LogP contribution is 2.12. The summed E-state index contributed by atoms with van der Waals surface area (Å²) in [6.45, 7) is 0.255. The molecule has 1 aromatic carbocycles. The van der Waals surface area contributed by atoms with Gasteiger partial charge >= 0.3 is 5.97 Å². The molecule has 0 fully saturated rings. The zero-order chi connectivity index (χ0) is 12.7. The van der Waals surface area contributed by atoms with Crippen molar-refractivity contribution in [2.24, 2.45) is 5.18 Å². The Morgan fingerprint density at radius 3 is 2.59 bits per heavy atom. The van der Waals surface area contributed by atoms with Crippen LogP contribution in [0.5, 0.6) is 5.75 Å². The number of aliphatic carboxylic acids is 1. The van der Waals surface area contributed by atoms with Gasteiger partial charge in [-0.1, -0.05) is 5.18 Å². The number of ether oxygens (including phenoxy) is 1. The van der Waals surface area contributed by atoms with Crippen LogP contribution >= 0.6 is 0 Å². The van der Waals surface area contributed by atoms with Crippen LogP contribution in [0.1, 0.15) is 12.8 Å². The van der Waals surface area contributed by atoms with Crippen LogP contribution < -0.4 is 4.74 Å². The molecular formula is C11H12FNO4. The summed E-state index contributed by atoms with van der Waals surface area (Å²) in [6, 6.07) is 4.25. The fourth-order valence-electron chi connectivity index (χ4n) is 1.22. The van der Waals surface area contributed by atoms with E-state index in [0.717, 1.165) is 0 Å². The Kier molecular flexibility index (Phi) is 5.06. The number of carbonyl (C=O) groups is 1. The lowest BCUT2D eigenvalue weighted by atomic mass is 10.2. The second-order valence-electron chi connectivity index (χ2n) is 3.40. The SMILES string of the molecule is O=NC(CCCOc1ccc(F)cc1)C(=O)O. The Bertz CT molecular complexity index is 380. The molecule has 0 saturated carbocycles. The number of benzene rings is 1. The van der Waals surface area contributed by atoms with Crippen molar-refractivity contribution in [2.75, 3.05) is 6.61 Å². The predicted octanol–water partition coefficient (Wildman–Crippen LogP) is 2.20. The summed E-state index contributed by atoms with van der Waals surface area (Å²) in [4.78, 5) is 20.6. The quantitative estimate of drug-likeness (QED) is 0.586. The van der Waals surface area contributed by atoms with E-state index in [1.54, 1.807) is 0 Å². The first-order valence-electron chi connectivity index (χ1n) is 5.07. The summed E-state index contributed by atoms with van der Waals surface area (Å²) in [5.41, 5.74) is 0. The van der Waals surface area contributed by atoms with Crippen molar-refractivity contribution in [1.29, 1.82) is 0 Å². The Hall–Kier alpha value is -1.98. The zero-order valence-electron chi connectivity index (χ0n) is 9.01. The van der Waals surface area contributed by atoms with Crippen LogP contribution in [0, 0.1) is 10.7 Å². The van der Waals surface area contributed by atoms with Crippen LogP contribution in [0.4, 0.5) is 4.39 Å². The highest BCUT2D eigenvalue weighted by atomic mass is 19.1. The van der Waals surface area contributed by atoms with Crippen molar-refractivity contribution in [1.82, 2.24) is 0 Å². The molecule has 0 amide bonds. The fraction of sp³-hybridized carbons (Fsp3) is 0.364. The molecule has 5 nitrogen and oxygen atoms in total. The number of rotatable bonds is 7. The van der Waals surface area contributed by atoms with Crippen LogP contribution in [-0.2, 0) is 4.79 Å². The highest BCUT2D eigenvalue weighted by Gasteiger charge is 2.16. The highest BCUT2D eigenvalue weighted by molar-refractivity contribution is 5.73. The predicted molar refractivity (Wildman–Crippen MR) is 58.3 cm³/mol. The van der Waals surface area contributed by atoms with Gasteiger partial charge in [0.1, 0.15) is 11.6 Å². The molecule has 0 spiro atoms. The second-order valence-corrected chi connectivity index (χ2v) is 3.40. The number of hydrogen-bond acceptors (Lipinski definition) is 4. The first-order valence-corrected chi connectivity index (χ1v) is 5.07. The standard InChI is InChI=1S/C11H12FNO4/c12-8-3-5-9(6-4-8)17-7-1-2-10(13-16)11(14)15/h3-6,10H,1-2,7H2,(H,14,15). The lowest BCUT2D eigenvalue weighted by Crippen LogP contribution is -2.17. The van der Waals surface area contributed by atoms with Crippen LogP contribution in [-0.4, -0.2) is 23.7 Å². The fourth-order valence-corrected chi connectivity index (χ4v) is 1.22. The van der Waals surface area contributed by atoms with Crippen LogP contribution in [0.3, 0.4) is 0 Å². The van der Waals surface area contributed by atoms with E-state index in [9.17, 15) is 14.1 Å². The number of carboxylic acids is 1. The number of nitroso groups, excluding NO2 is 1. The van der Waals surface area contributed by atoms with Crippen LogP contribution in [0.15, 0.2) is 29.4 Å². The smallest absolute Gasteiger partial charge is 0.332 e. The van der Waals surface area contributed by atoms with Crippen molar-refractivity contribution in [3.8, 4) is 5.75 Å². The number of nitrogens with zero attached hydrogens (tertiary/aromatic N) is 1. The van der Waals surface area contributed by atoms with Gasteiger partial charge in [0, 0.05) is 0 Å². The van der Waals surface area contributed by atoms with Crippen molar-refractivity contribution >= 4 is 5.97 Å². The normalized spacial score (nSPS) is 11.8. The lowest BCUT2D eigenvalue weighted by molar-refractivity contribution is -0.138. The molecule has 0 saturated heterocycles. The molecule has 0 heterocycles. The van der Waals surface area contributed by atoms with Gasteiger partial charge in [0.2, 0.25) is 0 Å². The minimum atomic E-state index is -1.23. The molecule has 6 heteroatoms. The third-order valence-electron chi connectivity index (χ3n) is 2.12. The Morgan fingerprint density at radius 2 is 2.06 bits per heavy atom. The Labute approximate surface area is 97.2 Å². The van der Waals surface area contributed by atoms with Crippen molar-refractivity contribution < 1.29 is 19.0 Å². The van der Waals surface area contributed by atoms with Gasteiger partial charge in [-0.05, 0) is 37.1 Å². The molecule has 1 atom stereocenters. The van der Waals surface area contributed by atoms with Crippen molar-refractivity contribution in [2.45, 2.75) is 18.9 Å². The first-order chi connectivity index (χ1) is 8.13. The Balaban J connectivity index is 2.26. The summed E-state index contributed by atoms with van der Waals surface area (Å²) >= 11 is 0. The van der Waals surface area contributed by atoms with Gasteiger partial charge in [0.05, 0.1) is 6.61 Å². The molecule has 1 unspecified atom stereocenters. The van der Waals surface area contributed by atoms with Gasteiger partial charge in [-0.25, -0.2) is 9.18 Å². The summed E-state index contributed by atoms with van der Waals surface area (Å²) < 4.78 is 17.8. The van der Waals surface area contributed by atoms with E-state index in [2.05, 4.69) is 5.18 Å². The van der Waals surface area contributed by atoms with E-state index in [-0.39, 0.29) is 18.8 Å². The molecule has 0 aliphatic heterocycles. The molecule has 0 aromatic heterocycles. The van der Waals surface area contributed by atoms with Gasteiger partial charge in [0.15, 0.2) is 6.04 Å². The van der Waals surface area contributed by atoms with E-state index < -0.39 is 12.0 Å². The number of hydrogen-bond donors (Lipinski definition) is 1. The summed E-state index contributed by atoms with van der Waals surface area (Å²) in [7, 11) is 0.